The first kappa shape index (κ1) is 23.6. The maximum absolute atomic E-state index is 12.9. The molecule has 2 aromatic heterocycles. The summed E-state index contributed by atoms with van der Waals surface area (Å²) >= 11 is 6.41. The number of nitrogens with zero attached hydrogens (tertiary/aromatic N) is 5. The van der Waals surface area contributed by atoms with E-state index in [0.29, 0.717) is 12.3 Å². The SMILES string of the molecule is Cn1cnnc1CC1CCN(C(=O)CCCc2cn(Cc3ccccc3Cl)c3ccccc23)CC1. The summed E-state index contributed by atoms with van der Waals surface area (Å²) in [5, 5.41) is 10.2. The molecule has 0 saturated carbocycles. The Labute approximate surface area is 211 Å². The zero-order valence-corrected chi connectivity index (χ0v) is 21.0. The molecule has 182 valence electrons. The molecule has 5 rings (SSSR count). The number of fused-ring (bicyclic) bond motifs is 1. The molecule has 1 saturated heterocycles. The summed E-state index contributed by atoms with van der Waals surface area (Å²) in [7, 11) is 1.99. The normalized spacial score (nSPS) is 14.6. The second kappa shape index (κ2) is 10.6. The number of carbonyl (C=O) groups excluding carboxylic acids is 1. The lowest BCUT2D eigenvalue weighted by atomic mass is 9.93. The quantitative estimate of drug-likeness (QED) is 0.338. The van der Waals surface area contributed by atoms with Crippen molar-refractivity contribution < 1.29 is 4.79 Å². The van der Waals surface area contributed by atoms with E-state index in [1.807, 2.05) is 34.7 Å². The third kappa shape index (κ3) is 5.43. The molecule has 0 bridgehead atoms. The number of carbonyl (C=O) groups is 1. The van der Waals surface area contributed by atoms with Gasteiger partial charge in [-0.15, -0.1) is 10.2 Å². The Kier molecular flexibility index (Phi) is 7.19. The Hall–Kier alpha value is -3.12. The van der Waals surface area contributed by atoms with Crippen LogP contribution in [0.25, 0.3) is 10.9 Å². The van der Waals surface area contributed by atoms with Gasteiger partial charge in [0.15, 0.2) is 0 Å². The number of halogens is 1. The molecular weight excluding hydrogens is 458 g/mol. The first-order valence-corrected chi connectivity index (χ1v) is 12.9. The minimum atomic E-state index is 0.280. The lowest BCUT2D eigenvalue weighted by molar-refractivity contribution is -0.132. The number of para-hydroxylation sites is 1. The number of likely N-dealkylation sites (tertiary alicyclic amines) is 1. The molecule has 35 heavy (non-hydrogen) atoms. The van der Waals surface area contributed by atoms with Gasteiger partial charge in [0.05, 0.1) is 0 Å². The van der Waals surface area contributed by atoms with Gasteiger partial charge in [-0.2, -0.15) is 0 Å². The molecule has 3 heterocycles. The van der Waals surface area contributed by atoms with Crippen molar-refractivity contribution in [3.05, 3.63) is 83.0 Å². The average Bonchev–Trinajstić information content (AvgIpc) is 3.44. The second-order valence-electron chi connectivity index (χ2n) is 9.63. The Bertz CT molecular complexity index is 1300. The summed E-state index contributed by atoms with van der Waals surface area (Å²) in [6, 6.07) is 16.5. The van der Waals surface area contributed by atoms with Gasteiger partial charge >= 0.3 is 0 Å². The molecule has 2 aromatic carbocycles. The van der Waals surface area contributed by atoms with Crippen LogP contribution in [0.4, 0.5) is 0 Å². The van der Waals surface area contributed by atoms with E-state index < -0.39 is 0 Å². The van der Waals surface area contributed by atoms with E-state index in [2.05, 4.69) is 51.3 Å². The first-order chi connectivity index (χ1) is 17.1. The number of amides is 1. The number of hydrogen-bond acceptors (Lipinski definition) is 3. The Balaban J connectivity index is 1.16. The van der Waals surface area contributed by atoms with Crippen LogP contribution in [0.15, 0.2) is 61.1 Å². The zero-order valence-electron chi connectivity index (χ0n) is 20.2. The van der Waals surface area contributed by atoms with Crippen LogP contribution in [-0.2, 0) is 31.2 Å². The molecule has 0 atom stereocenters. The molecule has 7 heteroatoms. The molecule has 1 fully saturated rings. The van der Waals surface area contributed by atoms with Crippen molar-refractivity contribution in [2.24, 2.45) is 13.0 Å². The fourth-order valence-corrected chi connectivity index (χ4v) is 5.38. The van der Waals surface area contributed by atoms with Crippen LogP contribution in [0.2, 0.25) is 5.02 Å². The zero-order chi connectivity index (χ0) is 24.2. The van der Waals surface area contributed by atoms with Crippen LogP contribution >= 0.6 is 11.6 Å². The molecule has 0 spiro atoms. The van der Waals surface area contributed by atoms with Gasteiger partial charge in [0, 0.05) is 61.6 Å². The van der Waals surface area contributed by atoms with Gasteiger partial charge < -0.3 is 14.0 Å². The lowest BCUT2D eigenvalue weighted by Crippen LogP contribution is -2.39. The minimum Gasteiger partial charge on any atom is -0.343 e. The molecule has 0 N–H and O–H groups in total. The maximum atomic E-state index is 12.9. The minimum absolute atomic E-state index is 0.280. The molecule has 6 nitrogen and oxygen atoms in total. The van der Waals surface area contributed by atoms with Crippen LogP contribution in [0.5, 0.6) is 0 Å². The van der Waals surface area contributed by atoms with Crippen molar-refractivity contribution in [1.82, 2.24) is 24.2 Å². The van der Waals surface area contributed by atoms with Crippen LogP contribution < -0.4 is 0 Å². The topological polar surface area (TPSA) is 56.0 Å². The smallest absolute Gasteiger partial charge is 0.222 e. The van der Waals surface area contributed by atoms with E-state index in [4.69, 9.17) is 11.6 Å². The van der Waals surface area contributed by atoms with Crippen LogP contribution in [0.1, 0.15) is 42.6 Å². The summed E-state index contributed by atoms with van der Waals surface area (Å²) in [6.45, 7) is 2.43. The number of rotatable bonds is 8. The standard InChI is InChI=1S/C28H32ClN5O/c1-32-20-30-31-27(32)17-21-13-15-33(16-14-21)28(35)12-6-8-22-18-34(26-11-5-3-9-24(22)26)19-23-7-2-4-10-25(23)29/h2-5,7,9-11,18,20-21H,6,8,12-17,19H2,1H3. The summed E-state index contributed by atoms with van der Waals surface area (Å²) in [6.07, 6.45) is 9.35. The van der Waals surface area contributed by atoms with E-state index in [9.17, 15) is 4.79 Å². The maximum Gasteiger partial charge on any atom is 0.222 e. The predicted molar refractivity (Wildman–Crippen MR) is 139 cm³/mol. The molecular formula is C28H32ClN5O. The molecule has 1 aliphatic heterocycles. The molecule has 1 amide bonds. The van der Waals surface area contributed by atoms with Gasteiger partial charge in [0.2, 0.25) is 5.91 Å². The number of aryl methyl sites for hydroxylation is 2. The molecule has 0 unspecified atom stereocenters. The number of piperidine rings is 1. The highest BCUT2D eigenvalue weighted by Crippen LogP contribution is 2.26. The van der Waals surface area contributed by atoms with Crippen molar-refractivity contribution in [3.63, 3.8) is 0 Å². The predicted octanol–water partition coefficient (Wildman–Crippen LogP) is 5.28. The number of hydrogen-bond donors (Lipinski definition) is 0. The van der Waals surface area contributed by atoms with E-state index in [0.717, 1.165) is 68.1 Å². The number of aromatic nitrogens is 4. The van der Waals surface area contributed by atoms with Crippen molar-refractivity contribution in [1.29, 1.82) is 0 Å². The van der Waals surface area contributed by atoms with E-state index in [1.54, 1.807) is 6.33 Å². The van der Waals surface area contributed by atoms with Crippen molar-refractivity contribution in [2.45, 2.75) is 45.1 Å². The van der Waals surface area contributed by atoms with Crippen molar-refractivity contribution in [2.75, 3.05) is 13.1 Å². The summed E-state index contributed by atoms with van der Waals surface area (Å²) in [5.74, 6) is 1.89. The molecule has 1 aliphatic rings. The Morgan fingerprint density at radius 3 is 2.60 bits per heavy atom. The third-order valence-electron chi connectivity index (χ3n) is 7.25. The molecule has 0 radical (unpaired) electrons. The monoisotopic (exact) mass is 489 g/mol. The Morgan fingerprint density at radius 2 is 1.83 bits per heavy atom. The van der Waals surface area contributed by atoms with E-state index in [1.165, 1.54) is 16.5 Å². The largest absolute Gasteiger partial charge is 0.343 e. The molecule has 0 aliphatic carbocycles. The summed E-state index contributed by atoms with van der Waals surface area (Å²) < 4.78 is 4.26. The van der Waals surface area contributed by atoms with Gasteiger partial charge in [-0.05, 0) is 54.9 Å². The van der Waals surface area contributed by atoms with Gasteiger partial charge in [-0.1, -0.05) is 48.0 Å². The van der Waals surface area contributed by atoms with Crippen LogP contribution in [0.3, 0.4) is 0 Å². The Morgan fingerprint density at radius 1 is 1.06 bits per heavy atom. The summed E-state index contributed by atoms with van der Waals surface area (Å²) in [4.78, 5) is 14.9. The van der Waals surface area contributed by atoms with Gasteiger partial charge in [-0.25, -0.2) is 0 Å². The van der Waals surface area contributed by atoms with Gasteiger partial charge in [-0.3, -0.25) is 4.79 Å². The van der Waals surface area contributed by atoms with Gasteiger partial charge in [0.25, 0.3) is 0 Å². The van der Waals surface area contributed by atoms with Crippen molar-refractivity contribution in [3.8, 4) is 0 Å². The van der Waals surface area contributed by atoms with Crippen LogP contribution in [-0.4, -0.2) is 43.2 Å². The van der Waals surface area contributed by atoms with Gasteiger partial charge in [0.1, 0.15) is 12.2 Å². The van der Waals surface area contributed by atoms with E-state index >= 15 is 0 Å². The third-order valence-corrected chi connectivity index (χ3v) is 7.62. The highest BCUT2D eigenvalue weighted by atomic mass is 35.5. The second-order valence-corrected chi connectivity index (χ2v) is 10.0. The summed E-state index contributed by atoms with van der Waals surface area (Å²) in [5.41, 5.74) is 3.61. The highest BCUT2D eigenvalue weighted by Gasteiger charge is 2.24. The highest BCUT2D eigenvalue weighted by molar-refractivity contribution is 6.31. The number of benzene rings is 2. The fraction of sp³-hybridized carbons (Fsp3) is 0.393. The molecule has 4 aromatic rings. The lowest BCUT2D eigenvalue weighted by Gasteiger charge is -2.32. The first-order valence-electron chi connectivity index (χ1n) is 12.5. The van der Waals surface area contributed by atoms with Crippen molar-refractivity contribution >= 4 is 28.4 Å². The fourth-order valence-electron chi connectivity index (χ4n) is 5.19. The van der Waals surface area contributed by atoms with E-state index in [-0.39, 0.29) is 5.91 Å². The average molecular weight is 490 g/mol. The van der Waals surface area contributed by atoms with Crippen LogP contribution in [0, 0.1) is 5.92 Å².